The first-order chi connectivity index (χ1) is 16.9. The summed E-state index contributed by atoms with van der Waals surface area (Å²) in [6.07, 6.45) is 1.26. The number of thioether (sulfide) groups is 1. The van der Waals surface area contributed by atoms with Crippen molar-refractivity contribution in [3.05, 3.63) is 99.0 Å². The molecule has 0 bridgehead atoms. The molecule has 10 heteroatoms. The van der Waals surface area contributed by atoms with Crippen molar-refractivity contribution in [2.75, 3.05) is 10.0 Å². The Kier molecular flexibility index (Phi) is 6.16. The fourth-order valence-corrected chi connectivity index (χ4v) is 5.61. The SMILES string of the molecule is CC(=O)C1=NN(c2ccc([N+](=O)[O-])cc2)C2(CCC(c3ccc(Br)cc3)=NN2c2ccccc2)S1. The Bertz CT molecular complexity index is 1350. The minimum atomic E-state index is -0.850. The van der Waals surface area contributed by atoms with Crippen molar-refractivity contribution in [3.63, 3.8) is 0 Å². The van der Waals surface area contributed by atoms with Gasteiger partial charge < -0.3 is 0 Å². The first-order valence-corrected chi connectivity index (χ1v) is 12.5. The molecule has 0 radical (unpaired) electrons. The molecule has 3 aromatic carbocycles. The van der Waals surface area contributed by atoms with Crippen LogP contribution < -0.4 is 10.0 Å². The highest BCUT2D eigenvalue weighted by Crippen LogP contribution is 2.50. The van der Waals surface area contributed by atoms with E-state index in [0.717, 1.165) is 21.4 Å². The monoisotopic (exact) mass is 549 g/mol. The van der Waals surface area contributed by atoms with Crippen LogP contribution in [0.5, 0.6) is 0 Å². The highest BCUT2D eigenvalue weighted by atomic mass is 79.9. The average molecular weight is 550 g/mol. The third-order valence-electron chi connectivity index (χ3n) is 5.81. The zero-order chi connectivity index (χ0) is 24.6. The lowest BCUT2D eigenvalue weighted by Crippen LogP contribution is -2.56. The minimum Gasteiger partial charge on any atom is -0.292 e. The Labute approximate surface area is 214 Å². The van der Waals surface area contributed by atoms with Gasteiger partial charge in [-0.25, -0.2) is 10.0 Å². The van der Waals surface area contributed by atoms with Gasteiger partial charge in [0.25, 0.3) is 5.69 Å². The van der Waals surface area contributed by atoms with Crippen molar-refractivity contribution < 1.29 is 9.72 Å². The lowest BCUT2D eigenvalue weighted by Gasteiger charge is -2.46. The summed E-state index contributed by atoms with van der Waals surface area (Å²) in [5, 5.41) is 25.0. The Morgan fingerprint density at radius 1 is 0.971 bits per heavy atom. The number of non-ortho nitro benzene ring substituents is 1. The molecular formula is C25H20BrN5O3S. The molecule has 0 saturated carbocycles. The number of halogens is 1. The van der Waals surface area contributed by atoms with Crippen LogP contribution in [0.1, 0.15) is 25.3 Å². The molecule has 0 aromatic heterocycles. The molecule has 2 heterocycles. The number of anilines is 2. The summed E-state index contributed by atoms with van der Waals surface area (Å²) in [7, 11) is 0. The average Bonchev–Trinajstić information content (AvgIpc) is 3.25. The maximum Gasteiger partial charge on any atom is 0.269 e. The summed E-state index contributed by atoms with van der Waals surface area (Å²) in [6.45, 7) is 1.49. The molecule has 1 atom stereocenters. The molecule has 35 heavy (non-hydrogen) atoms. The number of carbonyl (C=O) groups excluding carboxylic acids is 1. The largest absolute Gasteiger partial charge is 0.292 e. The molecule has 176 valence electrons. The van der Waals surface area contributed by atoms with Gasteiger partial charge >= 0.3 is 0 Å². The summed E-state index contributed by atoms with van der Waals surface area (Å²) in [6, 6.07) is 24.0. The summed E-state index contributed by atoms with van der Waals surface area (Å²) in [4.78, 5) is 22.3. The number of rotatable bonds is 5. The first-order valence-electron chi connectivity index (χ1n) is 10.9. The van der Waals surface area contributed by atoms with E-state index in [1.807, 2.05) is 59.6 Å². The maximum absolute atomic E-state index is 12.4. The van der Waals surface area contributed by atoms with E-state index in [9.17, 15) is 14.9 Å². The van der Waals surface area contributed by atoms with Crippen LogP contribution in [-0.4, -0.2) is 26.5 Å². The number of hydrogen-bond acceptors (Lipinski definition) is 8. The van der Waals surface area contributed by atoms with E-state index in [1.165, 1.54) is 30.8 Å². The highest BCUT2D eigenvalue weighted by Gasteiger charge is 2.52. The van der Waals surface area contributed by atoms with E-state index in [2.05, 4.69) is 21.0 Å². The van der Waals surface area contributed by atoms with Gasteiger partial charge in [0.1, 0.15) is 0 Å². The maximum atomic E-state index is 12.4. The molecule has 2 aliphatic rings. The second kappa shape index (κ2) is 9.27. The smallest absolute Gasteiger partial charge is 0.269 e. The van der Waals surface area contributed by atoms with E-state index in [4.69, 9.17) is 5.10 Å². The van der Waals surface area contributed by atoms with E-state index in [0.29, 0.717) is 23.6 Å². The molecule has 0 N–H and O–H groups in total. The number of nitro benzene ring substituents is 1. The van der Waals surface area contributed by atoms with Crippen LogP contribution in [0.4, 0.5) is 17.1 Å². The molecule has 1 spiro atoms. The predicted octanol–water partition coefficient (Wildman–Crippen LogP) is 6.17. The third kappa shape index (κ3) is 4.35. The molecule has 0 aliphatic carbocycles. The van der Waals surface area contributed by atoms with E-state index >= 15 is 0 Å². The van der Waals surface area contributed by atoms with Crippen molar-refractivity contribution in [2.45, 2.75) is 24.8 Å². The Morgan fingerprint density at radius 3 is 2.23 bits per heavy atom. The van der Waals surface area contributed by atoms with Crippen LogP contribution >= 0.6 is 27.7 Å². The fraction of sp³-hybridized carbons (Fsp3) is 0.160. The second-order valence-electron chi connectivity index (χ2n) is 8.09. The van der Waals surface area contributed by atoms with Crippen LogP contribution in [0.25, 0.3) is 0 Å². The van der Waals surface area contributed by atoms with Crippen molar-refractivity contribution in [2.24, 2.45) is 10.2 Å². The van der Waals surface area contributed by atoms with Gasteiger partial charge in [-0.15, -0.1) is 0 Å². The summed E-state index contributed by atoms with van der Waals surface area (Å²) >= 11 is 4.85. The minimum absolute atomic E-state index is 0.00970. The molecule has 5 rings (SSSR count). The number of nitrogens with zero attached hydrogens (tertiary/aromatic N) is 5. The number of para-hydroxylation sites is 1. The molecule has 0 amide bonds. The van der Waals surface area contributed by atoms with Gasteiger partial charge in [0.05, 0.1) is 22.0 Å². The van der Waals surface area contributed by atoms with Gasteiger partial charge in [-0.2, -0.15) is 10.2 Å². The van der Waals surface area contributed by atoms with Gasteiger partial charge in [-0.05, 0) is 60.1 Å². The van der Waals surface area contributed by atoms with Crippen LogP contribution in [0.3, 0.4) is 0 Å². The molecule has 8 nitrogen and oxygen atoms in total. The standard InChI is InChI=1S/C25H20BrN5O3S/c1-17(32)24-28-30(21-11-13-22(14-12-21)31(33)34)25(35-24)16-15-23(18-7-9-19(26)10-8-18)27-29(25)20-5-3-2-4-6-20/h2-14H,15-16H2,1H3. The number of hydrogen-bond donors (Lipinski definition) is 0. The van der Waals surface area contributed by atoms with Crippen LogP contribution in [0.2, 0.25) is 0 Å². The van der Waals surface area contributed by atoms with Gasteiger partial charge in [-0.3, -0.25) is 14.9 Å². The Hall–Kier alpha value is -3.50. The van der Waals surface area contributed by atoms with E-state index in [1.54, 1.807) is 17.1 Å². The van der Waals surface area contributed by atoms with Crippen molar-refractivity contribution in [1.82, 2.24) is 0 Å². The molecule has 3 aromatic rings. The lowest BCUT2D eigenvalue weighted by atomic mass is 10.0. The topological polar surface area (TPSA) is 91.4 Å². The summed E-state index contributed by atoms with van der Waals surface area (Å²) in [5.74, 6) is -0.144. The van der Waals surface area contributed by atoms with Crippen LogP contribution in [-0.2, 0) is 4.79 Å². The van der Waals surface area contributed by atoms with E-state index < -0.39 is 9.92 Å². The van der Waals surface area contributed by atoms with Gasteiger partial charge in [0.2, 0.25) is 4.99 Å². The molecular weight excluding hydrogens is 530 g/mol. The number of carbonyl (C=O) groups is 1. The number of ketones is 1. The highest BCUT2D eigenvalue weighted by molar-refractivity contribution is 9.10. The zero-order valence-electron chi connectivity index (χ0n) is 18.7. The number of nitro groups is 1. The van der Waals surface area contributed by atoms with Gasteiger partial charge in [0.15, 0.2) is 10.8 Å². The zero-order valence-corrected chi connectivity index (χ0v) is 21.1. The molecule has 2 aliphatic heterocycles. The first kappa shape index (κ1) is 23.3. The fourth-order valence-electron chi connectivity index (χ4n) is 4.10. The summed E-state index contributed by atoms with van der Waals surface area (Å²) in [5.41, 5.74) is 3.42. The third-order valence-corrected chi connectivity index (χ3v) is 7.77. The van der Waals surface area contributed by atoms with Gasteiger partial charge in [0, 0.05) is 30.0 Å². The quantitative estimate of drug-likeness (QED) is 0.279. The van der Waals surface area contributed by atoms with E-state index in [-0.39, 0.29) is 11.5 Å². The molecule has 0 fully saturated rings. The molecule has 1 unspecified atom stereocenters. The lowest BCUT2D eigenvalue weighted by molar-refractivity contribution is -0.384. The van der Waals surface area contributed by atoms with Crippen molar-refractivity contribution in [3.8, 4) is 0 Å². The number of benzene rings is 3. The van der Waals surface area contributed by atoms with Crippen molar-refractivity contribution in [1.29, 1.82) is 0 Å². The van der Waals surface area contributed by atoms with Crippen LogP contribution in [0, 0.1) is 10.1 Å². The van der Waals surface area contributed by atoms with Crippen molar-refractivity contribution >= 4 is 61.3 Å². The Morgan fingerprint density at radius 2 is 1.60 bits per heavy atom. The molecule has 0 saturated heterocycles. The number of Topliss-reactive ketones (excluding diaryl/α,β-unsaturated/α-hetero) is 1. The number of hydrazone groups is 2. The van der Waals surface area contributed by atoms with Gasteiger partial charge in [-0.1, -0.05) is 46.3 Å². The second-order valence-corrected chi connectivity index (χ2v) is 10.3. The normalized spacial score (nSPS) is 19.5. The van der Waals surface area contributed by atoms with Crippen LogP contribution in [0.15, 0.2) is 93.5 Å². The summed E-state index contributed by atoms with van der Waals surface area (Å²) < 4.78 is 0.990. The Balaban J connectivity index is 1.64. The predicted molar refractivity (Wildman–Crippen MR) is 143 cm³/mol.